The van der Waals surface area contributed by atoms with Crippen molar-refractivity contribution in [3.05, 3.63) is 119 Å². The summed E-state index contributed by atoms with van der Waals surface area (Å²) in [5.41, 5.74) is 2.73. The van der Waals surface area contributed by atoms with Gasteiger partial charge in [0.05, 0.1) is 24.2 Å². The van der Waals surface area contributed by atoms with Crippen LogP contribution < -0.4 is 4.74 Å². The molecule has 0 unspecified atom stereocenters. The molecule has 0 atom stereocenters. The van der Waals surface area contributed by atoms with Gasteiger partial charge in [-0.25, -0.2) is 0 Å². The molecule has 5 nitrogen and oxygen atoms in total. The van der Waals surface area contributed by atoms with Gasteiger partial charge in [0.2, 0.25) is 0 Å². The Morgan fingerprint density at radius 1 is 0.842 bits per heavy atom. The molecule has 0 saturated carbocycles. The van der Waals surface area contributed by atoms with Gasteiger partial charge >= 0.3 is 12.1 Å². The number of benzene rings is 4. The molecule has 0 fully saturated rings. The number of carboxylic acid groups (broad SMARTS) is 1. The fraction of sp³-hybridized carbons (Fsp3) is 0.133. The molecule has 192 valence electrons. The minimum absolute atomic E-state index is 0.0816. The molecule has 4 aromatic carbocycles. The maximum Gasteiger partial charge on any atom is 0.418 e. The second kappa shape index (κ2) is 10.4. The molecule has 8 heteroatoms. The summed E-state index contributed by atoms with van der Waals surface area (Å²) >= 11 is 0. The van der Waals surface area contributed by atoms with E-state index in [1.807, 2.05) is 42.5 Å². The number of hydrogen-bond acceptors (Lipinski definition) is 3. The number of alkyl halides is 3. The first-order valence-corrected chi connectivity index (χ1v) is 11.9. The van der Waals surface area contributed by atoms with Crippen molar-refractivity contribution in [1.29, 1.82) is 0 Å². The number of carboxylic acids is 1. The highest BCUT2D eigenvalue weighted by atomic mass is 19.4. The van der Waals surface area contributed by atoms with Crippen LogP contribution in [0.25, 0.3) is 22.2 Å². The van der Waals surface area contributed by atoms with E-state index < -0.39 is 17.7 Å². The van der Waals surface area contributed by atoms with Crippen molar-refractivity contribution in [1.82, 2.24) is 9.78 Å². The molecule has 5 rings (SSSR count). The Hall–Kier alpha value is -4.59. The van der Waals surface area contributed by atoms with Crippen molar-refractivity contribution in [2.75, 3.05) is 0 Å². The van der Waals surface area contributed by atoms with Crippen molar-refractivity contribution in [3.63, 3.8) is 0 Å². The van der Waals surface area contributed by atoms with Crippen LogP contribution >= 0.6 is 0 Å². The van der Waals surface area contributed by atoms with Crippen molar-refractivity contribution in [2.24, 2.45) is 0 Å². The molecule has 1 heterocycles. The first-order chi connectivity index (χ1) is 18.3. The quantitative estimate of drug-likeness (QED) is 0.242. The largest absolute Gasteiger partial charge is 0.489 e. The smallest absolute Gasteiger partial charge is 0.418 e. The van der Waals surface area contributed by atoms with E-state index in [0.29, 0.717) is 34.5 Å². The summed E-state index contributed by atoms with van der Waals surface area (Å²) in [5.74, 6) is -0.387. The van der Waals surface area contributed by atoms with Gasteiger partial charge in [-0.1, -0.05) is 78.9 Å². The van der Waals surface area contributed by atoms with Gasteiger partial charge in [-0.2, -0.15) is 18.3 Å². The molecule has 0 saturated heterocycles. The Morgan fingerprint density at radius 2 is 1.55 bits per heavy atom. The van der Waals surface area contributed by atoms with Gasteiger partial charge in [0.1, 0.15) is 17.9 Å². The van der Waals surface area contributed by atoms with Crippen molar-refractivity contribution in [3.8, 4) is 17.0 Å². The number of ether oxygens (including phenoxy) is 1. The minimum atomic E-state index is -4.54. The van der Waals surface area contributed by atoms with E-state index in [4.69, 9.17) is 9.84 Å². The van der Waals surface area contributed by atoms with Gasteiger partial charge in [-0.05, 0) is 34.9 Å². The van der Waals surface area contributed by atoms with E-state index in [-0.39, 0.29) is 18.5 Å². The lowest BCUT2D eigenvalue weighted by molar-refractivity contribution is -0.137. The molecule has 0 bridgehead atoms. The van der Waals surface area contributed by atoms with Crippen LogP contribution in [-0.4, -0.2) is 20.9 Å². The highest BCUT2D eigenvalue weighted by molar-refractivity contribution is 5.95. The number of fused-ring (bicyclic) bond motifs is 1. The van der Waals surface area contributed by atoms with Gasteiger partial charge < -0.3 is 9.84 Å². The zero-order chi connectivity index (χ0) is 26.7. The number of halogens is 3. The Labute approximate surface area is 216 Å². The lowest BCUT2D eigenvalue weighted by Crippen LogP contribution is -2.06. The lowest BCUT2D eigenvalue weighted by Gasteiger charge is -2.12. The number of rotatable bonds is 8. The van der Waals surface area contributed by atoms with Gasteiger partial charge in [0.15, 0.2) is 0 Å². The third kappa shape index (κ3) is 5.54. The number of carbonyl (C=O) groups is 1. The van der Waals surface area contributed by atoms with Crippen molar-refractivity contribution >= 4 is 16.9 Å². The third-order valence-corrected chi connectivity index (χ3v) is 6.11. The lowest BCUT2D eigenvalue weighted by atomic mass is 10.0. The predicted molar refractivity (Wildman–Crippen MR) is 138 cm³/mol. The number of nitrogens with zero attached hydrogens (tertiary/aromatic N) is 2. The zero-order valence-electron chi connectivity index (χ0n) is 20.2. The fourth-order valence-corrected chi connectivity index (χ4v) is 4.46. The molecular formula is C30H23F3N2O3. The van der Waals surface area contributed by atoms with Crippen LogP contribution in [0.15, 0.2) is 97.1 Å². The zero-order valence-corrected chi connectivity index (χ0v) is 20.2. The summed E-state index contributed by atoms with van der Waals surface area (Å²) in [4.78, 5) is 11.0. The van der Waals surface area contributed by atoms with Gasteiger partial charge in [0, 0.05) is 10.9 Å². The van der Waals surface area contributed by atoms with E-state index in [1.165, 1.54) is 6.07 Å². The summed E-state index contributed by atoms with van der Waals surface area (Å²) in [7, 11) is 0. The summed E-state index contributed by atoms with van der Waals surface area (Å²) in [6.45, 7) is 0.503. The van der Waals surface area contributed by atoms with Crippen LogP contribution in [0.2, 0.25) is 0 Å². The van der Waals surface area contributed by atoms with Crippen LogP contribution in [0.5, 0.6) is 5.75 Å². The monoisotopic (exact) mass is 516 g/mol. The van der Waals surface area contributed by atoms with Gasteiger partial charge in [0.25, 0.3) is 0 Å². The molecule has 5 aromatic rings. The first-order valence-electron chi connectivity index (χ1n) is 11.9. The maximum absolute atomic E-state index is 13.8. The van der Waals surface area contributed by atoms with Crippen LogP contribution in [0.4, 0.5) is 13.2 Å². The number of aliphatic carboxylic acids is 1. The molecule has 0 aliphatic rings. The van der Waals surface area contributed by atoms with Crippen LogP contribution in [0.1, 0.15) is 22.3 Å². The highest BCUT2D eigenvalue weighted by Gasteiger charge is 2.34. The average molecular weight is 517 g/mol. The minimum Gasteiger partial charge on any atom is -0.489 e. The summed E-state index contributed by atoms with van der Waals surface area (Å²) in [6, 6.07) is 27.8. The van der Waals surface area contributed by atoms with Crippen LogP contribution in [0.3, 0.4) is 0 Å². The Kier molecular flexibility index (Phi) is 6.87. The standard InChI is InChI=1S/C30H23F3N2O3/c31-30(32,33)26-14-6-13-25-28(26)34-35(18-20-7-2-1-3-8-20)29(25)23-11-5-12-24(17-23)38-19-22-10-4-9-21(15-22)16-27(36)37/h1-15,17H,16,18-19H2,(H,36,37). The number of hydrogen-bond donors (Lipinski definition) is 1. The molecule has 0 spiro atoms. The Bertz CT molecular complexity index is 1590. The molecule has 0 aliphatic heterocycles. The number of aromatic nitrogens is 2. The SMILES string of the molecule is O=C(O)Cc1cccc(COc2cccc(-c3c4cccc(C(F)(F)F)c4nn3Cc3ccccc3)c2)c1. The van der Waals surface area contributed by atoms with Crippen LogP contribution in [0, 0.1) is 0 Å². The molecule has 1 N–H and O–H groups in total. The molecule has 0 aliphatic carbocycles. The Balaban J connectivity index is 1.52. The summed E-state index contributed by atoms with van der Waals surface area (Å²) in [5, 5.41) is 13.9. The van der Waals surface area contributed by atoms with E-state index in [0.717, 1.165) is 17.2 Å². The molecule has 0 amide bonds. The molecule has 38 heavy (non-hydrogen) atoms. The van der Waals surface area contributed by atoms with E-state index in [2.05, 4.69) is 5.10 Å². The van der Waals surface area contributed by atoms with Crippen LogP contribution in [-0.2, 0) is 30.5 Å². The third-order valence-electron chi connectivity index (χ3n) is 6.11. The predicted octanol–water partition coefficient (Wildman–Crippen LogP) is 6.98. The highest BCUT2D eigenvalue weighted by Crippen LogP contribution is 2.38. The summed E-state index contributed by atoms with van der Waals surface area (Å²) < 4.78 is 49.0. The van der Waals surface area contributed by atoms with Crippen molar-refractivity contribution in [2.45, 2.75) is 25.7 Å². The van der Waals surface area contributed by atoms with Gasteiger partial charge in [-0.15, -0.1) is 0 Å². The molecular weight excluding hydrogens is 493 g/mol. The topological polar surface area (TPSA) is 64.3 Å². The van der Waals surface area contributed by atoms with Gasteiger partial charge in [-0.3, -0.25) is 9.48 Å². The molecule has 1 aromatic heterocycles. The van der Waals surface area contributed by atoms with E-state index >= 15 is 0 Å². The summed E-state index contributed by atoms with van der Waals surface area (Å²) in [6.07, 6.45) is -4.62. The van der Waals surface area contributed by atoms with E-state index in [1.54, 1.807) is 47.1 Å². The maximum atomic E-state index is 13.8. The average Bonchev–Trinajstić information content (AvgIpc) is 3.25. The van der Waals surface area contributed by atoms with E-state index in [9.17, 15) is 18.0 Å². The second-order valence-corrected chi connectivity index (χ2v) is 8.90. The first kappa shape index (κ1) is 25.1. The second-order valence-electron chi connectivity index (χ2n) is 8.90. The fourth-order valence-electron chi connectivity index (χ4n) is 4.46. The normalized spacial score (nSPS) is 11.6. The van der Waals surface area contributed by atoms with Crippen molar-refractivity contribution < 1.29 is 27.8 Å². The Morgan fingerprint density at radius 3 is 2.32 bits per heavy atom. The molecule has 0 radical (unpaired) electrons.